The number of carbonyl (C=O) groups excluding carboxylic acids is 1. The van der Waals surface area contributed by atoms with E-state index in [1.165, 1.54) is 11.0 Å². The minimum absolute atomic E-state index is 0.0364. The third kappa shape index (κ3) is 3.27. The molecule has 1 aliphatic heterocycles. The molecule has 1 aliphatic rings. The van der Waals surface area contributed by atoms with Crippen molar-refractivity contribution in [3.8, 4) is 0 Å². The van der Waals surface area contributed by atoms with Crippen LogP contribution in [0.1, 0.15) is 5.56 Å². The molecule has 1 N–H and O–H groups in total. The number of halogens is 1. The molecule has 0 spiro atoms. The summed E-state index contributed by atoms with van der Waals surface area (Å²) in [7, 11) is -2.08. The number of hydrogen-bond acceptors (Lipinski definition) is 4. The molecule has 0 saturated heterocycles. The average molecular weight is 364 g/mol. The molecule has 0 bridgehead atoms. The van der Waals surface area contributed by atoms with Gasteiger partial charge in [0.1, 0.15) is 4.90 Å². The van der Waals surface area contributed by atoms with Crippen molar-refractivity contribution >= 4 is 39.1 Å². The van der Waals surface area contributed by atoms with E-state index < -0.39 is 10.0 Å². The van der Waals surface area contributed by atoms with Crippen LogP contribution in [-0.4, -0.2) is 38.7 Å². The highest BCUT2D eigenvalue weighted by Gasteiger charge is 2.30. The van der Waals surface area contributed by atoms with Gasteiger partial charge in [0.15, 0.2) is 5.84 Å². The van der Waals surface area contributed by atoms with Gasteiger partial charge in [0.25, 0.3) is 10.0 Å². The highest BCUT2D eigenvalue weighted by atomic mass is 35.5. The molecule has 0 radical (unpaired) electrons. The largest absolute Gasteiger partial charge is 0.349 e. The fourth-order valence-electron chi connectivity index (χ4n) is 2.39. The predicted octanol–water partition coefficient (Wildman–Crippen LogP) is 2.36. The fraction of sp³-hybridized carbons (Fsp3) is 0.125. The zero-order valence-electron chi connectivity index (χ0n) is 12.7. The highest BCUT2D eigenvalue weighted by molar-refractivity contribution is 7.90. The van der Waals surface area contributed by atoms with Gasteiger partial charge in [-0.05, 0) is 36.4 Å². The molecule has 2 aromatic rings. The minimum Gasteiger partial charge on any atom is -0.349 e. The second kappa shape index (κ2) is 6.26. The quantitative estimate of drug-likeness (QED) is 0.907. The first-order chi connectivity index (χ1) is 11.4. The Morgan fingerprint density at radius 3 is 2.54 bits per heavy atom. The number of benzene rings is 2. The smallest absolute Gasteiger partial charge is 0.285 e. The van der Waals surface area contributed by atoms with Crippen molar-refractivity contribution in [1.29, 1.82) is 0 Å². The molecule has 1 heterocycles. The van der Waals surface area contributed by atoms with Crippen molar-refractivity contribution in [3.63, 3.8) is 0 Å². The maximum atomic E-state index is 12.1. The van der Waals surface area contributed by atoms with Gasteiger partial charge in [-0.1, -0.05) is 23.7 Å². The van der Waals surface area contributed by atoms with Crippen LogP contribution < -0.4 is 5.32 Å². The number of amides is 1. The summed E-state index contributed by atoms with van der Waals surface area (Å²) in [5.74, 6) is -0.0267. The molecular weight excluding hydrogens is 350 g/mol. The van der Waals surface area contributed by atoms with E-state index in [0.717, 1.165) is 0 Å². The topological polar surface area (TPSA) is 78.8 Å². The van der Waals surface area contributed by atoms with Gasteiger partial charge in [0.05, 0.1) is 6.54 Å². The van der Waals surface area contributed by atoms with Crippen LogP contribution in [0, 0.1) is 0 Å². The van der Waals surface area contributed by atoms with Gasteiger partial charge in [0, 0.05) is 23.3 Å². The SMILES string of the molecule is CN(CC(=O)Nc1ccc(Cl)cc1)C1=NS(=O)(=O)c2ccccc21. The van der Waals surface area contributed by atoms with E-state index in [-0.39, 0.29) is 23.2 Å². The normalized spacial score (nSPS) is 14.7. The van der Waals surface area contributed by atoms with Crippen LogP contribution in [0.15, 0.2) is 57.8 Å². The van der Waals surface area contributed by atoms with Gasteiger partial charge >= 0.3 is 0 Å². The first-order valence-corrected chi connectivity index (χ1v) is 8.89. The first-order valence-electron chi connectivity index (χ1n) is 7.08. The number of fused-ring (bicyclic) bond motifs is 1. The van der Waals surface area contributed by atoms with Crippen molar-refractivity contribution in [2.45, 2.75) is 4.90 Å². The van der Waals surface area contributed by atoms with Crippen LogP contribution in [0.5, 0.6) is 0 Å². The first kappa shape index (κ1) is 16.5. The molecular formula is C16H14ClN3O3S. The molecule has 1 amide bonds. The monoisotopic (exact) mass is 363 g/mol. The number of hydrogen-bond donors (Lipinski definition) is 1. The summed E-state index contributed by atoms with van der Waals surface area (Å²) in [6.07, 6.45) is 0. The Morgan fingerprint density at radius 2 is 1.83 bits per heavy atom. The van der Waals surface area contributed by atoms with Gasteiger partial charge in [-0.3, -0.25) is 4.79 Å². The summed E-state index contributed by atoms with van der Waals surface area (Å²) < 4.78 is 27.9. The Hall–Kier alpha value is -2.38. The molecule has 8 heteroatoms. The predicted molar refractivity (Wildman–Crippen MR) is 92.9 cm³/mol. The van der Waals surface area contributed by atoms with Gasteiger partial charge in [0.2, 0.25) is 5.91 Å². The van der Waals surface area contributed by atoms with E-state index in [1.807, 2.05) is 0 Å². The van der Waals surface area contributed by atoms with Crippen molar-refractivity contribution in [2.75, 3.05) is 18.9 Å². The number of nitrogens with zero attached hydrogens (tertiary/aromatic N) is 2. The molecule has 3 rings (SSSR count). The standard InChI is InChI=1S/C16H14ClN3O3S/c1-20(10-15(21)18-12-8-6-11(17)7-9-12)16-13-4-2-3-5-14(13)24(22,23)19-16/h2-9H,10H2,1H3,(H,18,21). The summed E-state index contributed by atoms with van der Waals surface area (Å²) >= 11 is 5.80. The molecule has 2 aromatic carbocycles. The lowest BCUT2D eigenvalue weighted by molar-refractivity contribution is -0.116. The molecule has 0 aromatic heterocycles. The lowest BCUT2D eigenvalue weighted by atomic mass is 10.2. The van der Waals surface area contributed by atoms with Crippen LogP contribution in [-0.2, 0) is 14.8 Å². The molecule has 24 heavy (non-hydrogen) atoms. The molecule has 0 atom stereocenters. The van der Waals surface area contributed by atoms with E-state index in [4.69, 9.17) is 11.6 Å². The van der Waals surface area contributed by atoms with Gasteiger partial charge in [-0.2, -0.15) is 8.42 Å². The Morgan fingerprint density at radius 1 is 1.17 bits per heavy atom. The van der Waals surface area contributed by atoms with Gasteiger partial charge in [-0.25, -0.2) is 0 Å². The zero-order chi connectivity index (χ0) is 17.3. The Bertz CT molecular complexity index is 924. The molecule has 0 unspecified atom stereocenters. The number of likely N-dealkylation sites (N-methyl/N-ethyl adjacent to an activating group) is 1. The minimum atomic E-state index is -3.70. The number of sulfonamides is 1. The zero-order valence-corrected chi connectivity index (χ0v) is 14.3. The summed E-state index contributed by atoms with van der Waals surface area (Å²) in [6.45, 7) is -0.0364. The van der Waals surface area contributed by atoms with E-state index >= 15 is 0 Å². The van der Waals surface area contributed by atoms with Gasteiger partial charge in [-0.15, -0.1) is 4.40 Å². The average Bonchev–Trinajstić information content (AvgIpc) is 2.82. The third-order valence-electron chi connectivity index (χ3n) is 3.48. The lowest BCUT2D eigenvalue weighted by Crippen LogP contribution is -2.34. The van der Waals surface area contributed by atoms with Crippen LogP contribution in [0.2, 0.25) is 5.02 Å². The van der Waals surface area contributed by atoms with Crippen molar-refractivity contribution in [1.82, 2.24) is 4.90 Å². The molecule has 0 aliphatic carbocycles. The number of nitrogens with one attached hydrogen (secondary N) is 1. The van der Waals surface area contributed by atoms with Crippen LogP contribution >= 0.6 is 11.6 Å². The van der Waals surface area contributed by atoms with Gasteiger partial charge < -0.3 is 10.2 Å². The third-order valence-corrected chi connectivity index (χ3v) is 5.06. The van der Waals surface area contributed by atoms with Crippen molar-refractivity contribution in [3.05, 3.63) is 59.1 Å². The molecule has 0 fully saturated rings. The number of rotatable bonds is 3. The second-order valence-corrected chi connectivity index (χ2v) is 7.31. The Labute approximate surface area is 144 Å². The van der Waals surface area contributed by atoms with E-state index in [1.54, 1.807) is 49.5 Å². The molecule has 124 valence electrons. The summed E-state index contributed by atoms with van der Waals surface area (Å²) in [4.78, 5) is 13.8. The molecule has 6 nitrogen and oxygen atoms in total. The maximum absolute atomic E-state index is 12.1. The molecule has 0 saturated carbocycles. The van der Waals surface area contributed by atoms with E-state index in [2.05, 4.69) is 9.71 Å². The van der Waals surface area contributed by atoms with Crippen LogP contribution in [0.4, 0.5) is 5.69 Å². The Kier molecular flexibility index (Phi) is 4.29. The second-order valence-electron chi connectivity index (χ2n) is 5.30. The number of amidine groups is 1. The summed E-state index contributed by atoms with van der Waals surface area (Å²) in [5.41, 5.74) is 1.11. The van der Waals surface area contributed by atoms with Crippen molar-refractivity contribution < 1.29 is 13.2 Å². The maximum Gasteiger partial charge on any atom is 0.285 e. The fourth-order valence-corrected chi connectivity index (χ4v) is 3.77. The van der Waals surface area contributed by atoms with Crippen molar-refractivity contribution in [2.24, 2.45) is 4.40 Å². The van der Waals surface area contributed by atoms with E-state index in [0.29, 0.717) is 16.3 Å². The highest BCUT2D eigenvalue weighted by Crippen LogP contribution is 2.26. The summed E-state index contributed by atoms with van der Waals surface area (Å²) in [5, 5.41) is 3.30. The van der Waals surface area contributed by atoms with E-state index in [9.17, 15) is 13.2 Å². The number of carbonyl (C=O) groups is 1. The van der Waals surface area contributed by atoms with Crippen LogP contribution in [0.3, 0.4) is 0 Å². The summed E-state index contributed by atoms with van der Waals surface area (Å²) in [6, 6.07) is 13.3. The number of anilines is 1. The lowest BCUT2D eigenvalue weighted by Gasteiger charge is -2.18. The Balaban J connectivity index is 1.75. The van der Waals surface area contributed by atoms with Crippen LogP contribution in [0.25, 0.3) is 0 Å².